The Hall–Kier alpha value is -1.10. The van der Waals surface area contributed by atoms with E-state index in [-0.39, 0.29) is 12.2 Å². The summed E-state index contributed by atoms with van der Waals surface area (Å²) in [7, 11) is 0. The Morgan fingerprint density at radius 1 is 1.33 bits per heavy atom. The summed E-state index contributed by atoms with van der Waals surface area (Å²) in [6.45, 7) is 9.31. The summed E-state index contributed by atoms with van der Waals surface area (Å²) in [6.07, 6.45) is 4.46. The van der Waals surface area contributed by atoms with Crippen molar-refractivity contribution in [2.45, 2.75) is 64.7 Å². The normalized spacial score (nSPS) is 27.0. The first-order valence-corrected chi connectivity index (χ1v) is 9.46. The molecule has 4 heteroatoms. The van der Waals surface area contributed by atoms with Crippen molar-refractivity contribution in [3.05, 3.63) is 28.8 Å². The molecule has 0 bridgehead atoms. The molecule has 0 spiro atoms. The van der Waals surface area contributed by atoms with E-state index in [4.69, 9.17) is 10.5 Å². The van der Waals surface area contributed by atoms with Crippen LogP contribution in [0.2, 0.25) is 0 Å². The van der Waals surface area contributed by atoms with Crippen molar-refractivity contribution >= 4 is 0 Å². The third-order valence-electron chi connectivity index (χ3n) is 6.14. The first-order chi connectivity index (χ1) is 11.5. The van der Waals surface area contributed by atoms with Crippen molar-refractivity contribution < 1.29 is 9.84 Å². The van der Waals surface area contributed by atoms with Crippen molar-refractivity contribution in [1.82, 2.24) is 4.90 Å². The van der Waals surface area contributed by atoms with Gasteiger partial charge in [0.25, 0.3) is 0 Å². The Kier molecular flexibility index (Phi) is 5.48. The molecule has 0 aromatic heterocycles. The molecule has 0 amide bonds. The summed E-state index contributed by atoms with van der Waals surface area (Å²) in [5.74, 6) is 1.00. The maximum absolute atomic E-state index is 10.5. The molecule has 1 aromatic carbocycles. The highest BCUT2D eigenvalue weighted by atomic mass is 16.5. The zero-order valence-electron chi connectivity index (χ0n) is 15.3. The summed E-state index contributed by atoms with van der Waals surface area (Å²) < 4.78 is 6.36. The molecule has 1 aromatic rings. The number of hydrogen-bond donors (Lipinski definition) is 2. The van der Waals surface area contributed by atoms with Gasteiger partial charge >= 0.3 is 0 Å². The second-order valence-electron chi connectivity index (χ2n) is 7.53. The van der Waals surface area contributed by atoms with Crippen molar-refractivity contribution in [3.63, 3.8) is 0 Å². The summed E-state index contributed by atoms with van der Waals surface area (Å²) in [5, 5.41) is 10.5. The molecule has 3 N–H and O–H groups in total. The zero-order chi connectivity index (χ0) is 17.3. The predicted molar refractivity (Wildman–Crippen MR) is 97.3 cm³/mol. The molecule has 24 heavy (non-hydrogen) atoms. The van der Waals surface area contributed by atoms with Crippen molar-refractivity contribution in [1.29, 1.82) is 0 Å². The third-order valence-corrected chi connectivity index (χ3v) is 6.14. The van der Waals surface area contributed by atoms with E-state index < -0.39 is 0 Å². The van der Waals surface area contributed by atoms with Gasteiger partial charge in [0.05, 0.1) is 12.2 Å². The van der Waals surface area contributed by atoms with E-state index in [2.05, 4.69) is 24.8 Å². The first kappa shape index (κ1) is 17.7. The van der Waals surface area contributed by atoms with Gasteiger partial charge in [-0.1, -0.05) is 19.1 Å². The maximum Gasteiger partial charge on any atom is 0.122 e. The lowest BCUT2D eigenvalue weighted by Crippen LogP contribution is -2.44. The molecule has 0 radical (unpaired) electrons. The molecule has 1 fully saturated rings. The van der Waals surface area contributed by atoms with E-state index in [1.54, 1.807) is 0 Å². The number of nitrogens with two attached hydrogens (primary N) is 1. The van der Waals surface area contributed by atoms with E-state index in [1.807, 2.05) is 13.0 Å². The van der Waals surface area contributed by atoms with Gasteiger partial charge < -0.3 is 20.5 Å². The molecule has 4 nitrogen and oxygen atoms in total. The number of aryl methyl sites for hydroxylation is 1. The number of nitrogens with zero attached hydrogens (tertiary/aromatic N) is 1. The third kappa shape index (κ3) is 3.32. The molecule has 1 unspecified atom stereocenters. The molecule has 0 aliphatic carbocycles. The zero-order valence-corrected chi connectivity index (χ0v) is 15.3. The van der Waals surface area contributed by atoms with E-state index in [0.717, 1.165) is 36.2 Å². The van der Waals surface area contributed by atoms with Crippen LogP contribution >= 0.6 is 0 Å². The second-order valence-corrected chi connectivity index (χ2v) is 7.53. The number of phenols is 1. The maximum atomic E-state index is 10.5. The monoisotopic (exact) mass is 332 g/mol. The van der Waals surface area contributed by atoms with Crippen LogP contribution in [0.1, 0.15) is 55.9 Å². The summed E-state index contributed by atoms with van der Waals surface area (Å²) in [4.78, 5) is 2.59. The molecule has 2 heterocycles. The van der Waals surface area contributed by atoms with Crippen LogP contribution in [0.25, 0.3) is 0 Å². The number of likely N-dealkylation sites (tertiary alicyclic amines) is 1. The van der Waals surface area contributed by atoms with Crippen LogP contribution < -0.4 is 5.73 Å². The fourth-order valence-electron chi connectivity index (χ4n) is 4.27. The van der Waals surface area contributed by atoms with Gasteiger partial charge in [0.2, 0.25) is 0 Å². The average molecular weight is 332 g/mol. The van der Waals surface area contributed by atoms with Crippen LogP contribution in [0.5, 0.6) is 5.75 Å². The quantitative estimate of drug-likeness (QED) is 0.889. The SMILES string of the molecule is CCC(C)N1CCC([C@@H]2Cc3c(ccc(C)c3O)[C@H](CN)O2)CC1. The van der Waals surface area contributed by atoms with Crippen molar-refractivity contribution in [2.75, 3.05) is 19.6 Å². The van der Waals surface area contributed by atoms with Gasteiger partial charge in [-0.05, 0) is 63.2 Å². The molecule has 3 rings (SSSR count). The molecular formula is C20H32N2O2. The summed E-state index contributed by atoms with van der Waals surface area (Å²) in [6, 6.07) is 4.71. The van der Waals surface area contributed by atoms with Gasteiger partial charge in [-0.2, -0.15) is 0 Å². The fraction of sp³-hybridized carbons (Fsp3) is 0.700. The molecule has 2 aliphatic heterocycles. The van der Waals surface area contributed by atoms with Crippen LogP contribution in [-0.4, -0.2) is 41.8 Å². The van der Waals surface area contributed by atoms with Gasteiger partial charge in [-0.25, -0.2) is 0 Å². The lowest BCUT2D eigenvalue weighted by molar-refractivity contribution is -0.0666. The lowest BCUT2D eigenvalue weighted by atomic mass is 9.82. The Labute approximate surface area is 146 Å². The van der Waals surface area contributed by atoms with Crippen LogP contribution in [-0.2, 0) is 11.2 Å². The molecular weight excluding hydrogens is 300 g/mol. The summed E-state index contributed by atoms with van der Waals surface area (Å²) >= 11 is 0. The number of aromatic hydroxyl groups is 1. The highest BCUT2D eigenvalue weighted by Crippen LogP contribution is 2.40. The average Bonchev–Trinajstić information content (AvgIpc) is 2.63. The Morgan fingerprint density at radius 3 is 2.67 bits per heavy atom. The first-order valence-electron chi connectivity index (χ1n) is 9.46. The van der Waals surface area contributed by atoms with Gasteiger partial charge in [0, 0.05) is 24.6 Å². The lowest BCUT2D eigenvalue weighted by Gasteiger charge is -2.42. The van der Waals surface area contributed by atoms with E-state index in [1.165, 1.54) is 19.3 Å². The van der Waals surface area contributed by atoms with Crippen LogP contribution in [0.15, 0.2) is 12.1 Å². The highest BCUT2D eigenvalue weighted by Gasteiger charge is 2.35. The van der Waals surface area contributed by atoms with Gasteiger partial charge in [0.1, 0.15) is 5.75 Å². The Morgan fingerprint density at radius 2 is 2.04 bits per heavy atom. The fourth-order valence-corrected chi connectivity index (χ4v) is 4.27. The number of ether oxygens (including phenoxy) is 1. The predicted octanol–water partition coefficient (Wildman–Crippen LogP) is 3.15. The minimum atomic E-state index is -0.0853. The minimum Gasteiger partial charge on any atom is -0.507 e. The molecule has 2 aliphatic rings. The number of fused-ring (bicyclic) bond motifs is 1. The Bertz CT molecular complexity index is 567. The Balaban J connectivity index is 1.73. The molecule has 1 saturated heterocycles. The number of benzene rings is 1. The van der Waals surface area contributed by atoms with Gasteiger partial charge in [-0.3, -0.25) is 0 Å². The standard InChI is InChI=1S/C20H32N2O2/c1-4-14(3)22-9-7-15(8-10-22)18-11-17-16(19(12-21)24-18)6-5-13(2)20(17)23/h5-6,14-15,18-19,23H,4,7-12,21H2,1-3H3/t14?,18-,19-/m0/s1. The largest absolute Gasteiger partial charge is 0.507 e. The van der Waals surface area contributed by atoms with Crippen LogP contribution in [0.4, 0.5) is 0 Å². The van der Waals surface area contributed by atoms with E-state index in [9.17, 15) is 5.11 Å². The summed E-state index contributed by atoms with van der Waals surface area (Å²) in [5.41, 5.74) is 9.04. The molecule has 3 atom stereocenters. The van der Waals surface area contributed by atoms with Gasteiger partial charge in [0.15, 0.2) is 0 Å². The van der Waals surface area contributed by atoms with Crippen LogP contribution in [0, 0.1) is 12.8 Å². The topological polar surface area (TPSA) is 58.7 Å². The number of rotatable bonds is 4. The molecule has 0 saturated carbocycles. The molecule has 134 valence electrons. The highest BCUT2D eigenvalue weighted by molar-refractivity contribution is 5.47. The van der Waals surface area contributed by atoms with E-state index >= 15 is 0 Å². The van der Waals surface area contributed by atoms with Crippen LogP contribution in [0.3, 0.4) is 0 Å². The minimum absolute atomic E-state index is 0.0853. The van der Waals surface area contributed by atoms with Gasteiger partial charge in [-0.15, -0.1) is 0 Å². The number of phenolic OH excluding ortho intramolecular Hbond substituents is 1. The smallest absolute Gasteiger partial charge is 0.122 e. The van der Waals surface area contributed by atoms with E-state index in [0.29, 0.717) is 24.3 Å². The van der Waals surface area contributed by atoms with Crippen molar-refractivity contribution in [2.24, 2.45) is 11.7 Å². The van der Waals surface area contributed by atoms with Crippen molar-refractivity contribution in [3.8, 4) is 5.75 Å². The number of hydrogen-bond acceptors (Lipinski definition) is 4. The number of piperidine rings is 1. The second kappa shape index (κ2) is 7.42.